The molecule has 4 rings (SSSR count). The molecule has 2 fully saturated rings. The molecule has 0 bridgehead atoms. The number of hydrogen-bond acceptors (Lipinski definition) is 2. The van der Waals surface area contributed by atoms with E-state index in [0.29, 0.717) is 11.3 Å². The Morgan fingerprint density at radius 3 is 2.60 bits per heavy atom. The fourth-order valence-corrected chi connectivity index (χ4v) is 6.52. The molecule has 3 aliphatic rings. The van der Waals surface area contributed by atoms with Gasteiger partial charge in [0.2, 0.25) is 0 Å². The molecule has 0 heterocycles. The maximum Gasteiger partial charge on any atom is 0.119 e. The second-order valence-electron chi connectivity index (χ2n) is 8.45. The zero-order valence-electron chi connectivity index (χ0n) is 16.7. The molecule has 0 aliphatic heterocycles. The second kappa shape index (κ2) is 7.31. The smallest absolute Gasteiger partial charge is 0.119 e. The standard InChI is InChI=1S/C21H30O2.C2H6/c1-13(22)19-8-9-20-18-6-4-14-12-15(23-3)5-7-16(14)17(18)10-11-21(19,20)2;1-2/h5,7,12-13,17-20,22H,4,6,8-11H2,1-3H3;1-2H3. The number of aliphatic hydroxyl groups is 1. The van der Waals surface area contributed by atoms with Gasteiger partial charge in [-0.1, -0.05) is 26.8 Å². The van der Waals surface area contributed by atoms with E-state index in [1.807, 2.05) is 20.8 Å². The summed E-state index contributed by atoms with van der Waals surface area (Å²) in [4.78, 5) is 0. The lowest BCUT2D eigenvalue weighted by Crippen LogP contribution is -2.44. The summed E-state index contributed by atoms with van der Waals surface area (Å²) in [5, 5.41) is 10.3. The monoisotopic (exact) mass is 344 g/mol. The van der Waals surface area contributed by atoms with E-state index in [2.05, 4.69) is 25.1 Å². The first-order valence-electron chi connectivity index (χ1n) is 10.4. The van der Waals surface area contributed by atoms with Crippen LogP contribution in [0.15, 0.2) is 18.2 Å². The molecule has 0 spiro atoms. The molecule has 1 aromatic carbocycles. The van der Waals surface area contributed by atoms with Gasteiger partial charge in [-0.2, -0.15) is 0 Å². The van der Waals surface area contributed by atoms with Crippen LogP contribution in [0.25, 0.3) is 0 Å². The first-order valence-corrected chi connectivity index (χ1v) is 10.4. The van der Waals surface area contributed by atoms with Gasteiger partial charge in [-0.3, -0.25) is 0 Å². The summed E-state index contributed by atoms with van der Waals surface area (Å²) < 4.78 is 5.41. The van der Waals surface area contributed by atoms with Crippen LogP contribution < -0.4 is 4.74 Å². The van der Waals surface area contributed by atoms with Crippen molar-refractivity contribution in [2.45, 2.75) is 78.2 Å². The lowest BCUT2D eigenvalue weighted by atomic mass is 9.54. The number of aliphatic hydroxyl groups excluding tert-OH is 1. The van der Waals surface area contributed by atoms with Gasteiger partial charge in [0.25, 0.3) is 0 Å². The molecule has 2 nitrogen and oxygen atoms in total. The van der Waals surface area contributed by atoms with E-state index >= 15 is 0 Å². The van der Waals surface area contributed by atoms with Crippen LogP contribution >= 0.6 is 0 Å². The fourth-order valence-electron chi connectivity index (χ4n) is 6.52. The molecule has 6 unspecified atom stereocenters. The van der Waals surface area contributed by atoms with Crippen molar-refractivity contribution in [1.29, 1.82) is 0 Å². The van der Waals surface area contributed by atoms with Crippen LogP contribution in [0.4, 0.5) is 0 Å². The molecule has 25 heavy (non-hydrogen) atoms. The molecule has 0 radical (unpaired) electrons. The summed E-state index contributed by atoms with van der Waals surface area (Å²) in [5.74, 6) is 3.86. The molecule has 0 saturated heterocycles. The third-order valence-electron chi connectivity index (χ3n) is 7.59. The molecule has 6 atom stereocenters. The Morgan fingerprint density at radius 2 is 1.92 bits per heavy atom. The molecular weight excluding hydrogens is 308 g/mol. The van der Waals surface area contributed by atoms with E-state index in [1.54, 1.807) is 12.7 Å². The highest BCUT2D eigenvalue weighted by Crippen LogP contribution is 2.63. The zero-order chi connectivity index (χ0) is 18.2. The molecule has 0 aromatic heterocycles. The highest BCUT2D eigenvalue weighted by Gasteiger charge is 2.55. The fraction of sp³-hybridized carbons (Fsp3) is 0.739. The van der Waals surface area contributed by atoms with E-state index in [9.17, 15) is 5.11 Å². The normalized spacial score (nSPS) is 37.0. The van der Waals surface area contributed by atoms with Gasteiger partial charge >= 0.3 is 0 Å². The average molecular weight is 345 g/mol. The summed E-state index contributed by atoms with van der Waals surface area (Å²) in [6.07, 6.45) is 7.47. The van der Waals surface area contributed by atoms with Crippen LogP contribution in [0.1, 0.15) is 76.8 Å². The molecule has 140 valence electrons. The number of aryl methyl sites for hydroxylation is 1. The van der Waals surface area contributed by atoms with Crippen molar-refractivity contribution in [3.63, 3.8) is 0 Å². The molecule has 0 amide bonds. The number of methoxy groups -OCH3 is 1. The maximum atomic E-state index is 10.3. The number of hydrogen-bond donors (Lipinski definition) is 1. The number of rotatable bonds is 2. The average Bonchev–Trinajstić information content (AvgIpc) is 3.00. The Bertz CT molecular complexity index is 594. The summed E-state index contributed by atoms with van der Waals surface area (Å²) in [5.41, 5.74) is 3.46. The van der Waals surface area contributed by atoms with Gasteiger partial charge in [0.15, 0.2) is 0 Å². The van der Waals surface area contributed by atoms with Crippen molar-refractivity contribution in [3.8, 4) is 5.75 Å². The second-order valence-corrected chi connectivity index (χ2v) is 8.45. The number of ether oxygens (including phenoxy) is 1. The Labute approximate surface area is 154 Å². The Kier molecular flexibility index (Phi) is 5.48. The van der Waals surface area contributed by atoms with Crippen LogP contribution in [-0.2, 0) is 6.42 Å². The van der Waals surface area contributed by atoms with Gasteiger partial charge in [0.05, 0.1) is 13.2 Å². The van der Waals surface area contributed by atoms with Gasteiger partial charge < -0.3 is 9.84 Å². The van der Waals surface area contributed by atoms with Crippen molar-refractivity contribution in [2.24, 2.45) is 23.2 Å². The van der Waals surface area contributed by atoms with Gasteiger partial charge in [0.1, 0.15) is 5.75 Å². The van der Waals surface area contributed by atoms with Crippen LogP contribution in [0.2, 0.25) is 0 Å². The van der Waals surface area contributed by atoms with Crippen molar-refractivity contribution in [1.82, 2.24) is 0 Å². The highest BCUT2D eigenvalue weighted by molar-refractivity contribution is 5.40. The molecule has 2 heteroatoms. The Balaban J connectivity index is 0.000000880. The van der Waals surface area contributed by atoms with Gasteiger partial charge in [-0.25, -0.2) is 0 Å². The first-order chi connectivity index (χ1) is 12.0. The predicted octanol–water partition coefficient (Wildman–Crippen LogP) is 5.57. The summed E-state index contributed by atoms with van der Waals surface area (Å²) in [6.45, 7) is 8.48. The van der Waals surface area contributed by atoms with Crippen molar-refractivity contribution in [3.05, 3.63) is 29.3 Å². The minimum atomic E-state index is -0.151. The highest BCUT2D eigenvalue weighted by atomic mass is 16.5. The number of fused-ring (bicyclic) bond motifs is 5. The van der Waals surface area contributed by atoms with E-state index in [0.717, 1.165) is 23.5 Å². The molecule has 2 saturated carbocycles. The van der Waals surface area contributed by atoms with E-state index in [-0.39, 0.29) is 6.10 Å². The Hall–Kier alpha value is -1.02. The lowest BCUT2D eigenvalue weighted by molar-refractivity contribution is -0.0180. The SMILES string of the molecule is CC.COc1ccc2c(c1)CCC1C2CCC2(C)C(C(C)O)CCC12. The molecule has 1 N–H and O–H groups in total. The van der Waals surface area contributed by atoms with Gasteiger partial charge in [-0.15, -0.1) is 0 Å². The minimum absolute atomic E-state index is 0.151. The summed E-state index contributed by atoms with van der Waals surface area (Å²) in [7, 11) is 1.76. The topological polar surface area (TPSA) is 29.5 Å². The van der Waals surface area contributed by atoms with Gasteiger partial charge in [0, 0.05) is 0 Å². The first kappa shape index (κ1) is 18.8. The van der Waals surface area contributed by atoms with Gasteiger partial charge in [-0.05, 0) is 97.8 Å². The largest absolute Gasteiger partial charge is 0.497 e. The minimum Gasteiger partial charge on any atom is -0.497 e. The van der Waals surface area contributed by atoms with E-state index in [4.69, 9.17) is 4.74 Å². The Morgan fingerprint density at radius 1 is 1.16 bits per heavy atom. The molecule has 3 aliphatic carbocycles. The van der Waals surface area contributed by atoms with Crippen molar-refractivity contribution < 1.29 is 9.84 Å². The number of benzene rings is 1. The predicted molar refractivity (Wildman–Crippen MR) is 104 cm³/mol. The third-order valence-corrected chi connectivity index (χ3v) is 7.59. The van der Waals surface area contributed by atoms with Crippen LogP contribution in [0.3, 0.4) is 0 Å². The van der Waals surface area contributed by atoms with E-state index < -0.39 is 0 Å². The summed E-state index contributed by atoms with van der Waals surface area (Å²) in [6, 6.07) is 6.73. The molecule has 1 aromatic rings. The lowest BCUT2D eigenvalue weighted by Gasteiger charge is -2.51. The van der Waals surface area contributed by atoms with Crippen LogP contribution in [0, 0.1) is 23.2 Å². The quantitative estimate of drug-likeness (QED) is 0.759. The molecular formula is C23H36O2. The summed E-state index contributed by atoms with van der Waals surface area (Å²) >= 11 is 0. The maximum absolute atomic E-state index is 10.3. The van der Waals surface area contributed by atoms with Crippen molar-refractivity contribution >= 4 is 0 Å². The van der Waals surface area contributed by atoms with Crippen molar-refractivity contribution in [2.75, 3.05) is 7.11 Å². The van der Waals surface area contributed by atoms with Crippen LogP contribution in [-0.4, -0.2) is 18.3 Å². The third kappa shape index (κ3) is 3.01. The van der Waals surface area contributed by atoms with Crippen LogP contribution in [0.5, 0.6) is 5.75 Å². The zero-order valence-corrected chi connectivity index (χ0v) is 16.7. The van der Waals surface area contributed by atoms with E-state index in [1.165, 1.54) is 44.1 Å².